The first-order valence-corrected chi connectivity index (χ1v) is 9.07. The van der Waals surface area contributed by atoms with Crippen LogP contribution in [0.3, 0.4) is 0 Å². The number of piperidine rings is 1. The van der Waals surface area contributed by atoms with Gasteiger partial charge in [0.2, 0.25) is 0 Å². The molecule has 0 radical (unpaired) electrons. The highest BCUT2D eigenvalue weighted by atomic mass is 16.5. The number of aromatic nitrogens is 1. The third-order valence-electron chi connectivity index (χ3n) is 5.13. The third-order valence-corrected chi connectivity index (χ3v) is 5.13. The monoisotopic (exact) mass is 319 g/mol. The standard InChI is InChI=1S/C18H29N3O2/c1-2-15-6-7-17(19-15)18(22)21-9-4-3-5-16(21)8-10-20-11-13-23-14-12-20/h6-7,16,19H,2-5,8-14H2,1H3/t16-/m1/s1. The first-order chi connectivity index (χ1) is 11.3. The van der Waals surface area contributed by atoms with Gasteiger partial charge in [-0.05, 0) is 44.2 Å². The third kappa shape index (κ3) is 4.15. The van der Waals surface area contributed by atoms with Gasteiger partial charge in [0.15, 0.2) is 0 Å². The van der Waals surface area contributed by atoms with Crippen molar-refractivity contribution in [2.75, 3.05) is 39.4 Å². The molecule has 0 aliphatic carbocycles. The lowest BCUT2D eigenvalue weighted by molar-refractivity contribution is 0.0295. The van der Waals surface area contributed by atoms with E-state index in [1.165, 1.54) is 6.42 Å². The Hall–Kier alpha value is -1.33. The molecular weight excluding hydrogens is 290 g/mol. The SMILES string of the molecule is CCc1ccc(C(=O)N2CCCC[C@@H]2CCN2CCOCC2)[nH]1. The van der Waals surface area contributed by atoms with Gasteiger partial charge in [0.25, 0.3) is 5.91 Å². The van der Waals surface area contributed by atoms with Crippen molar-refractivity contribution in [2.24, 2.45) is 0 Å². The number of amides is 1. The van der Waals surface area contributed by atoms with E-state index in [1.54, 1.807) is 0 Å². The molecule has 0 aromatic carbocycles. The molecule has 128 valence electrons. The van der Waals surface area contributed by atoms with Gasteiger partial charge in [-0.2, -0.15) is 0 Å². The van der Waals surface area contributed by atoms with Gasteiger partial charge in [-0.15, -0.1) is 0 Å². The number of ether oxygens (including phenoxy) is 1. The molecule has 2 saturated heterocycles. The van der Waals surface area contributed by atoms with E-state index in [4.69, 9.17) is 4.74 Å². The van der Waals surface area contributed by atoms with Gasteiger partial charge < -0.3 is 14.6 Å². The Morgan fingerprint density at radius 1 is 1.26 bits per heavy atom. The second kappa shape index (κ2) is 7.97. The Morgan fingerprint density at radius 3 is 2.83 bits per heavy atom. The van der Waals surface area contributed by atoms with E-state index in [-0.39, 0.29) is 5.91 Å². The zero-order valence-corrected chi connectivity index (χ0v) is 14.2. The molecule has 0 spiro atoms. The second-order valence-corrected chi connectivity index (χ2v) is 6.64. The molecule has 3 rings (SSSR count). The fourth-order valence-corrected chi connectivity index (χ4v) is 3.65. The number of aryl methyl sites for hydroxylation is 1. The van der Waals surface area contributed by atoms with E-state index in [9.17, 15) is 4.79 Å². The van der Waals surface area contributed by atoms with Crippen LogP contribution in [0.4, 0.5) is 0 Å². The van der Waals surface area contributed by atoms with E-state index >= 15 is 0 Å². The minimum Gasteiger partial charge on any atom is -0.379 e. The number of aromatic amines is 1. The Labute approximate surface area is 139 Å². The number of likely N-dealkylation sites (tertiary alicyclic amines) is 1. The van der Waals surface area contributed by atoms with Crippen LogP contribution >= 0.6 is 0 Å². The van der Waals surface area contributed by atoms with E-state index in [0.29, 0.717) is 6.04 Å². The van der Waals surface area contributed by atoms with Crippen LogP contribution in [0.25, 0.3) is 0 Å². The highest BCUT2D eigenvalue weighted by Crippen LogP contribution is 2.22. The minimum atomic E-state index is 0.177. The number of nitrogens with one attached hydrogen (secondary N) is 1. The molecule has 1 atom stereocenters. The van der Waals surface area contributed by atoms with Crippen molar-refractivity contribution in [1.29, 1.82) is 0 Å². The predicted octanol–water partition coefficient (Wildman–Crippen LogP) is 2.29. The smallest absolute Gasteiger partial charge is 0.270 e. The van der Waals surface area contributed by atoms with Crippen molar-refractivity contribution in [3.05, 3.63) is 23.5 Å². The summed E-state index contributed by atoms with van der Waals surface area (Å²) in [5.41, 5.74) is 1.88. The van der Waals surface area contributed by atoms with Crippen molar-refractivity contribution in [2.45, 2.75) is 45.1 Å². The fraction of sp³-hybridized carbons (Fsp3) is 0.722. The summed E-state index contributed by atoms with van der Waals surface area (Å²) < 4.78 is 5.41. The van der Waals surface area contributed by atoms with Gasteiger partial charge in [-0.3, -0.25) is 9.69 Å². The number of carbonyl (C=O) groups is 1. The summed E-state index contributed by atoms with van der Waals surface area (Å²) in [5, 5.41) is 0. The molecule has 1 N–H and O–H groups in total. The maximum Gasteiger partial charge on any atom is 0.270 e. The van der Waals surface area contributed by atoms with E-state index in [1.807, 2.05) is 12.1 Å². The first kappa shape index (κ1) is 16.5. The maximum absolute atomic E-state index is 12.9. The number of H-pyrrole nitrogens is 1. The number of carbonyl (C=O) groups excluding carboxylic acids is 1. The topological polar surface area (TPSA) is 48.6 Å². The fourth-order valence-electron chi connectivity index (χ4n) is 3.65. The molecule has 2 aliphatic heterocycles. The lowest BCUT2D eigenvalue weighted by Crippen LogP contribution is -2.46. The molecule has 0 unspecified atom stereocenters. The van der Waals surface area contributed by atoms with Crippen LogP contribution in [0.2, 0.25) is 0 Å². The summed E-state index contributed by atoms with van der Waals surface area (Å²) >= 11 is 0. The zero-order chi connectivity index (χ0) is 16.1. The van der Waals surface area contributed by atoms with Gasteiger partial charge in [-0.25, -0.2) is 0 Å². The van der Waals surface area contributed by atoms with Gasteiger partial charge >= 0.3 is 0 Å². The van der Waals surface area contributed by atoms with Crippen LogP contribution in [0.1, 0.15) is 48.8 Å². The van der Waals surface area contributed by atoms with Gasteiger partial charge in [0.1, 0.15) is 5.69 Å². The first-order valence-electron chi connectivity index (χ1n) is 9.07. The molecule has 3 heterocycles. The van der Waals surface area contributed by atoms with Crippen molar-refractivity contribution in [1.82, 2.24) is 14.8 Å². The molecule has 1 amide bonds. The molecule has 1 aromatic heterocycles. The number of hydrogen-bond donors (Lipinski definition) is 1. The van der Waals surface area contributed by atoms with Crippen molar-refractivity contribution in [3.63, 3.8) is 0 Å². The molecule has 1 aromatic rings. The molecule has 5 heteroatoms. The quantitative estimate of drug-likeness (QED) is 0.906. The minimum absolute atomic E-state index is 0.177. The van der Waals surface area contributed by atoms with E-state index < -0.39 is 0 Å². The number of morpholine rings is 1. The van der Waals surface area contributed by atoms with Crippen LogP contribution in [0.5, 0.6) is 0 Å². The maximum atomic E-state index is 12.9. The van der Waals surface area contributed by atoms with Crippen LogP contribution in [0.15, 0.2) is 12.1 Å². The molecule has 5 nitrogen and oxygen atoms in total. The highest BCUT2D eigenvalue weighted by molar-refractivity contribution is 5.92. The lowest BCUT2D eigenvalue weighted by atomic mass is 9.98. The Balaban J connectivity index is 1.59. The predicted molar refractivity (Wildman–Crippen MR) is 90.7 cm³/mol. The second-order valence-electron chi connectivity index (χ2n) is 6.64. The molecule has 23 heavy (non-hydrogen) atoms. The summed E-state index contributed by atoms with van der Waals surface area (Å²) in [7, 11) is 0. The van der Waals surface area contributed by atoms with Crippen molar-refractivity contribution in [3.8, 4) is 0 Å². The van der Waals surface area contributed by atoms with Gasteiger partial charge in [0.05, 0.1) is 13.2 Å². The molecule has 0 saturated carbocycles. The van der Waals surface area contributed by atoms with Crippen LogP contribution in [0, 0.1) is 0 Å². The molecule has 2 fully saturated rings. The normalized spacial score (nSPS) is 23.2. The molecule has 0 bridgehead atoms. The summed E-state index contributed by atoms with van der Waals surface area (Å²) in [6.45, 7) is 7.81. The van der Waals surface area contributed by atoms with Crippen LogP contribution in [-0.4, -0.2) is 66.1 Å². The Morgan fingerprint density at radius 2 is 2.09 bits per heavy atom. The van der Waals surface area contributed by atoms with Gasteiger partial charge in [0, 0.05) is 37.9 Å². The van der Waals surface area contributed by atoms with Crippen molar-refractivity contribution >= 4 is 5.91 Å². The molecular formula is C18H29N3O2. The summed E-state index contributed by atoms with van der Waals surface area (Å²) in [5.74, 6) is 0.177. The average Bonchev–Trinajstić information content (AvgIpc) is 3.10. The average molecular weight is 319 g/mol. The van der Waals surface area contributed by atoms with Crippen LogP contribution in [-0.2, 0) is 11.2 Å². The summed E-state index contributed by atoms with van der Waals surface area (Å²) in [6.07, 6.45) is 5.52. The van der Waals surface area contributed by atoms with E-state index in [0.717, 1.165) is 76.5 Å². The van der Waals surface area contributed by atoms with Crippen LogP contribution < -0.4 is 0 Å². The largest absolute Gasteiger partial charge is 0.379 e. The Bertz CT molecular complexity index is 508. The molecule has 2 aliphatic rings. The summed E-state index contributed by atoms with van der Waals surface area (Å²) in [6, 6.07) is 4.35. The Kier molecular flexibility index (Phi) is 5.73. The number of nitrogens with zero attached hydrogens (tertiary/aromatic N) is 2. The van der Waals surface area contributed by atoms with E-state index in [2.05, 4.69) is 21.7 Å². The zero-order valence-electron chi connectivity index (χ0n) is 14.2. The summed E-state index contributed by atoms with van der Waals surface area (Å²) in [4.78, 5) is 20.7. The lowest BCUT2D eigenvalue weighted by Gasteiger charge is -2.37. The van der Waals surface area contributed by atoms with Crippen molar-refractivity contribution < 1.29 is 9.53 Å². The number of rotatable bonds is 5. The highest BCUT2D eigenvalue weighted by Gasteiger charge is 2.28. The van der Waals surface area contributed by atoms with Gasteiger partial charge in [-0.1, -0.05) is 6.92 Å². The number of hydrogen-bond acceptors (Lipinski definition) is 3.